The molecule has 0 saturated carbocycles. The van der Waals surface area contributed by atoms with Crippen LogP contribution in [0.15, 0.2) is 10.5 Å². The van der Waals surface area contributed by atoms with E-state index in [0.29, 0.717) is 0 Å². The van der Waals surface area contributed by atoms with Crippen LogP contribution in [0.4, 0.5) is 23.2 Å². The molecule has 0 radical (unpaired) electrons. The second kappa shape index (κ2) is 4.96. The normalized spacial score (nSPS) is 11.2. The van der Waals surface area contributed by atoms with Gasteiger partial charge in [0.15, 0.2) is 11.6 Å². The van der Waals surface area contributed by atoms with Crippen LogP contribution < -0.4 is 9.47 Å². The van der Waals surface area contributed by atoms with Crippen molar-refractivity contribution in [3.05, 3.63) is 26.5 Å². The maximum atomic E-state index is 13.3. The summed E-state index contributed by atoms with van der Waals surface area (Å²) in [5.41, 5.74) is -0.823. The highest BCUT2D eigenvalue weighted by atomic mass is 79.9. The number of nitro benzene ring substituents is 1. The molecule has 0 unspecified atom stereocenters. The Kier molecular flexibility index (Phi) is 3.99. The van der Waals surface area contributed by atoms with Crippen molar-refractivity contribution in [1.82, 2.24) is 0 Å². The Hall–Kier alpha value is -1.58. The van der Waals surface area contributed by atoms with Gasteiger partial charge in [-0.3, -0.25) is 10.1 Å². The molecular weight excluding hydrogens is 330 g/mol. The van der Waals surface area contributed by atoms with Crippen LogP contribution in [0.3, 0.4) is 0 Å². The van der Waals surface area contributed by atoms with E-state index in [1.165, 1.54) is 0 Å². The third-order valence-corrected chi connectivity index (χ3v) is 2.45. The van der Waals surface area contributed by atoms with Crippen molar-refractivity contribution in [1.29, 1.82) is 0 Å². The average Bonchev–Trinajstić information content (AvgIpc) is 2.22. The van der Waals surface area contributed by atoms with Gasteiger partial charge in [-0.1, -0.05) is 0 Å². The molecule has 0 bridgehead atoms. The van der Waals surface area contributed by atoms with E-state index in [0.717, 1.165) is 7.11 Å². The molecule has 10 heteroatoms. The Balaban J connectivity index is 3.43. The number of halogens is 5. The number of rotatable bonds is 3. The highest BCUT2D eigenvalue weighted by molar-refractivity contribution is 9.10. The van der Waals surface area contributed by atoms with Gasteiger partial charge in [0.1, 0.15) is 4.47 Å². The van der Waals surface area contributed by atoms with Crippen LogP contribution in [0.5, 0.6) is 11.5 Å². The first kappa shape index (κ1) is 14.5. The smallest absolute Gasteiger partial charge is 0.489 e. The van der Waals surface area contributed by atoms with Crippen LogP contribution in [0, 0.1) is 15.9 Å². The van der Waals surface area contributed by atoms with Gasteiger partial charge in [0.25, 0.3) is 0 Å². The molecule has 1 rings (SSSR count). The molecule has 0 aliphatic rings. The fourth-order valence-electron chi connectivity index (χ4n) is 1.11. The van der Waals surface area contributed by atoms with Crippen molar-refractivity contribution in [2.24, 2.45) is 0 Å². The first-order valence-electron chi connectivity index (χ1n) is 4.13. The van der Waals surface area contributed by atoms with Gasteiger partial charge in [-0.25, -0.2) is 4.39 Å². The van der Waals surface area contributed by atoms with Crippen LogP contribution in [0.2, 0.25) is 0 Å². The molecule has 1 aromatic rings. The third-order valence-electron chi connectivity index (χ3n) is 1.73. The minimum Gasteiger partial charge on any atom is -0.489 e. The second-order valence-corrected chi connectivity index (χ2v) is 3.65. The lowest BCUT2D eigenvalue weighted by atomic mass is 10.2. The summed E-state index contributed by atoms with van der Waals surface area (Å²) < 4.78 is 56.7. The van der Waals surface area contributed by atoms with Crippen molar-refractivity contribution in [3.63, 3.8) is 0 Å². The number of methoxy groups -OCH3 is 1. The molecule has 5 nitrogen and oxygen atoms in total. The van der Waals surface area contributed by atoms with Crippen molar-refractivity contribution < 1.29 is 32.0 Å². The highest BCUT2D eigenvalue weighted by Gasteiger charge is 2.36. The van der Waals surface area contributed by atoms with Gasteiger partial charge in [-0.2, -0.15) is 0 Å². The summed E-state index contributed by atoms with van der Waals surface area (Å²) in [7, 11) is 0.988. The van der Waals surface area contributed by atoms with E-state index in [-0.39, 0.29) is 6.07 Å². The summed E-state index contributed by atoms with van der Waals surface area (Å²) >= 11 is 2.57. The molecule has 18 heavy (non-hydrogen) atoms. The van der Waals surface area contributed by atoms with E-state index in [4.69, 9.17) is 0 Å². The largest absolute Gasteiger partial charge is 0.573 e. The van der Waals surface area contributed by atoms with Gasteiger partial charge in [0.05, 0.1) is 18.1 Å². The van der Waals surface area contributed by atoms with Crippen LogP contribution in [0.1, 0.15) is 0 Å². The predicted molar refractivity (Wildman–Crippen MR) is 54.0 cm³/mol. The van der Waals surface area contributed by atoms with E-state index in [1.807, 2.05) is 0 Å². The van der Waals surface area contributed by atoms with Gasteiger partial charge >= 0.3 is 12.0 Å². The highest BCUT2D eigenvalue weighted by Crippen LogP contribution is 2.44. The quantitative estimate of drug-likeness (QED) is 0.483. The minimum absolute atomic E-state index is 0.282. The van der Waals surface area contributed by atoms with E-state index in [2.05, 4.69) is 25.4 Å². The lowest BCUT2D eigenvalue weighted by Gasteiger charge is -2.13. The molecule has 0 fully saturated rings. The van der Waals surface area contributed by atoms with Crippen molar-refractivity contribution in [2.45, 2.75) is 6.36 Å². The lowest BCUT2D eigenvalue weighted by Crippen LogP contribution is -2.18. The van der Waals surface area contributed by atoms with Crippen LogP contribution >= 0.6 is 15.9 Å². The summed E-state index contributed by atoms with van der Waals surface area (Å²) in [5.74, 6) is -3.34. The Morgan fingerprint density at radius 1 is 1.39 bits per heavy atom. The van der Waals surface area contributed by atoms with Gasteiger partial charge in [-0.05, 0) is 15.9 Å². The predicted octanol–water partition coefficient (Wildman–Crippen LogP) is 3.40. The van der Waals surface area contributed by atoms with E-state index >= 15 is 0 Å². The van der Waals surface area contributed by atoms with E-state index < -0.39 is 38.8 Å². The van der Waals surface area contributed by atoms with Gasteiger partial charge < -0.3 is 9.47 Å². The number of nitrogens with zero attached hydrogens (tertiary/aromatic N) is 1. The zero-order valence-corrected chi connectivity index (χ0v) is 10.1. The molecule has 0 aliphatic heterocycles. The summed E-state index contributed by atoms with van der Waals surface area (Å²) in [6, 6.07) is 0.282. The van der Waals surface area contributed by atoms with Gasteiger partial charge in [0.2, 0.25) is 5.75 Å². The molecule has 0 heterocycles. The molecule has 0 amide bonds. The maximum Gasteiger partial charge on any atom is 0.573 e. The fourth-order valence-corrected chi connectivity index (χ4v) is 1.75. The Labute approximate surface area is 106 Å². The maximum absolute atomic E-state index is 13.3. The number of benzene rings is 1. The molecule has 0 spiro atoms. The number of hydrogen-bond donors (Lipinski definition) is 0. The molecule has 0 aromatic heterocycles. The average molecular weight is 334 g/mol. The second-order valence-electron chi connectivity index (χ2n) is 2.86. The Morgan fingerprint density at radius 2 is 1.94 bits per heavy atom. The zero-order valence-electron chi connectivity index (χ0n) is 8.55. The van der Waals surface area contributed by atoms with Crippen LogP contribution in [-0.4, -0.2) is 18.4 Å². The van der Waals surface area contributed by atoms with E-state index in [9.17, 15) is 27.7 Å². The molecule has 0 aliphatic carbocycles. The monoisotopic (exact) mass is 333 g/mol. The Bertz CT molecular complexity index is 491. The molecular formula is C8H4BrF4NO4. The molecule has 100 valence electrons. The number of alkyl halides is 3. The number of ether oxygens (including phenoxy) is 2. The zero-order chi connectivity index (χ0) is 14.1. The molecule has 1 aromatic carbocycles. The molecule has 0 atom stereocenters. The van der Waals surface area contributed by atoms with Crippen LogP contribution in [0.25, 0.3) is 0 Å². The van der Waals surface area contributed by atoms with Gasteiger partial charge in [0, 0.05) is 0 Å². The van der Waals surface area contributed by atoms with Crippen molar-refractivity contribution in [2.75, 3.05) is 7.11 Å². The van der Waals surface area contributed by atoms with Crippen molar-refractivity contribution >= 4 is 21.6 Å². The first-order chi connectivity index (χ1) is 8.17. The third kappa shape index (κ3) is 3.00. The number of hydrogen-bond acceptors (Lipinski definition) is 4. The molecule has 0 N–H and O–H groups in total. The lowest BCUT2D eigenvalue weighted by molar-refractivity contribution is -0.386. The van der Waals surface area contributed by atoms with Crippen molar-refractivity contribution in [3.8, 4) is 11.5 Å². The molecule has 0 saturated heterocycles. The topological polar surface area (TPSA) is 61.6 Å². The fraction of sp³-hybridized carbons (Fsp3) is 0.250. The van der Waals surface area contributed by atoms with Gasteiger partial charge in [-0.15, -0.1) is 13.2 Å². The Morgan fingerprint density at radius 3 is 2.33 bits per heavy atom. The summed E-state index contributed by atoms with van der Waals surface area (Å²) in [5, 5.41) is 10.6. The van der Waals surface area contributed by atoms with Crippen LogP contribution in [-0.2, 0) is 0 Å². The summed E-state index contributed by atoms with van der Waals surface area (Å²) in [4.78, 5) is 9.56. The van der Waals surface area contributed by atoms with E-state index in [1.54, 1.807) is 0 Å². The summed E-state index contributed by atoms with van der Waals surface area (Å²) in [6.07, 6.45) is -5.13. The SMILES string of the molecule is COc1c([N+](=O)[O-])cc(F)c(OC(F)(F)F)c1Br. The first-order valence-corrected chi connectivity index (χ1v) is 4.92. The summed E-state index contributed by atoms with van der Waals surface area (Å²) in [6.45, 7) is 0. The standard InChI is InChI=1S/C8H4BrF4NO4/c1-17-7-4(14(15)16)2-3(10)6(5(7)9)18-8(11,12)13/h2H,1H3. The number of nitro groups is 1. The minimum atomic E-state index is -5.13.